The van der Waals surface area contributed by atoms with Gasteiger partial charge >= 0.3 is 0 Å². The lowest BCUT2D eigenvalue weighted by molar-refractivity contribution is 0.184. The molecular formula is C9H14O. The van der Waals surface area contributed by atoms with Crippen LogP contribution >= 0.6 is 0 Å². The first-order valence-electron chi connectivity index (χ1n) is 3.57. The van der Waals surface area contributed by atoms with Crippen LogP contribution < -0.4 is 0 Å². The molecule has 0 aliphatic carbocycles. The molecule has 0 fully saturated rings. The molecule has 1 heteroatoms. The van der Waals surface area contributed by atoms with Gasteiger partial charge in [-0.1, -0.05) is 25.8 Å². The summed E-state index contributed by atoms with van der Waals surface area (Å²) in [7, 11) is 0. The van der Waals surface area contributed by atoms with E-state index >= 15 is 0 Å². The second-order valence-corrected chi connectivity index (χ2v) is 2.10. The van der Waals surface area contributed by atoms with E-state index in [4.69, 9.17) is 11.2 Å². The normalized spacial score (nSPS) is 11.6. The van der Waals surface area contributed by atoms with Gasteiger partial charge < -0.3 is 4.74 Å². The van der Waals surface area contributed by atoms with E-state index in [1.165, 1.54) is 6.26 Å². The molecule has 0 aliphatic heterocycles. The maximum atomic E-state index is 5.18. The van der Waals surface area contributed by atoms with Crippen LogP contribution in [-0.4, -0.2) is 6.10 Å². The third-order valence-corrected chi connectivity index (χ3v) is 1.27. The first-order valence-corrected chi connectivity index (χ1v) is 3.57. The molecule has 1 nitrogen and oxygen atoms in total. The molecule has 0 saturated carbocycles. The van der Waals surface area contributed by atoms with Gasteiger partial charge in [0.05, 0.1) is 6.26 Å². The van der Waals surface area contributed by atoms with Crippen molar-refractivity contribution in [3.05, 3.63) is 12.8 Å². The highest BCUT2D eigenvalue weighted by Gasteiger charge is 2.00. The highest BCUT2D eigenvalue weighted by molar-refractivity contribution is 4.95. The van der Waals surface area contributed by atoms with Crippen molar-refractivity contribution < 1.29 is 4.74 Å². The van der Waals surface area contributed by atoms with Crippen LogP contribution in [0.1, 0.15) is 26.2 Å². The highest BCUT2D eigenvalue weighted by atomic mass is 16.5. The zero-order valence-electron chi connectivity index (χ0n) is 6.47. The van der Waals surface area contributed by atoms with E-state index in [1.54, 1.807) is 0 Å². The molecule has 0 aromatic carbocycles. The minimum absolute atomic E-state index is 0.0718. The molecule has 0 heterocycles. The molecule has 0 amide bonds. The third kappa shape index (κ3) is 4.03. The average molecular weight is 138 g/mol. The van der Waals surface area contributed by atoms with Gasteiger partial charge in [0, 0.05) is 0 Å². The van der Waals surface area contributed by atoms with Crippen LogP contribution in [0.5, 0.6) is 0 Å². The van der Waals surface area contributed by atoms with Gasteiger partial charge in [-0.25, -0.2) is 0 Å². The first kappa shape index (κ1) is 9.10. The number of ether oxygens (including phenoxy) is 1. The summed E-state index contributed by atoms with van der Waals surface area (Å²) in [5.74, 6) is 2.54. The maximum absolute atomic E-state index is 5.18. The van der Waals surface area contributed by atoms with Crippen molar-refractivity contribution in [2.45, 2.75) is 32.3 Å². The topological polar surface area (TPSA) is 9.23 Å². The zero-order valence-corrected chi connectivity index (χ0v) is 6.47. The fourth-order valence-electron chi connectivity index (χ4n) is 0.696. The molecule has 0 spiro atoms. The molecule has 0 rings (SSSR count). The highest BCUT2D eigenvalue weighted by Crippen LogP contribution is 2.03. The van der Waals surface area contributed by atoms with Crippen molar-refractivity contribution in [3.8, 4) is 12.3 Å². The number of rotatable bonds is 5. The van der Waals surface area contributed by atoms with E-state index < -0.39 is 0 Å². The Morgan fingerprint density at radius 2 is 2.50 bits per heavy atom. The van der Waals surface area contributed by atoms with Crippen LogP contribution in [-0.2, 0) is 4.74 Å². The Bertz CT molecular complexity index is 121. The monoisotopic (exact) mass is 138 g/mol. The smallest absolute Gasteiger partial charge is 0.158 e. The Labute approximate surface area is 63.1 Å². The molecular weight excluding hydrogens is 124 g/mol. The van der Waals surface area contributed by atoms with E-state index in [-0.39, 0.29) is 6.10 Å². The lowest BCUT2D eigenvalue weighted by Crippen LogP contribution is -2.05. The predicted molar refractivity (Wildman–Crippen MR) is 43.4 cm³/mol. The second kappa shape index (κ2) is 6.22. The van der Waals surface area contributed by atoms with Crippen LogP contribution in [0.4, 0.5) is 0 Å². The largest absolute Gasteiger partial charge is 0.486 e. The van der Waals surface area contributed by atoms with Crippen molar-refractivity contribution in [2.24, 2.45) is 0 Å². The van der Waals surface area contributed by atoms with E-state index in [9.17, 15) is 0 Å². The van der Waals surface area contributed by atoms with Crippen LogP contribution in [0, 0.1) is 12.3 Å². The zero-order chi connectivity index (χ0) is 7.82. The van der Waals surface area contributed by atoms with Crippen molar-refractivity contribution in [3.63, 3.8) is 0 Å². The fraction of sp³-hybridized carbons (Fsp3) is 0.556. The van der Waals surface area contributed by atoms with Gasteiger partial charge in [0.25, 0.3) is 0 Å². The SMILES string of the molecule is C#CC(CCCC)OC=C. The average Bonchev–Trinajstić information content (AvgIpc) is 1.98. The van der Waals surface area contributed by atoms with Gasteiger partial charge in [-0.05, 0) is 12.8 Å². The third-order valence-electron chi connectivity index (χ3n) is 1.27. The molecule has 56 valence electrons. The molecule has 0 saturated heterocycles. The minimum atomic E-state index is -0.0718. The van der Waals surface area contributed by atoms with Crippen LogP contribution in [0.2, 0.25) is 0 Å². The van der Waals surface area contributed by atoms with Crippen LogP contribution in [0.25, 0.3) is 0 Å². The van der Waals surface area contributed by atoms with Crippen molar-refractivity contribution in [2.75, 3.05) is 0 Å². The number of unbranched alkanes of at least 4 members (excludes halogenated alkanes) is 1. The summed E-state index contributed by atoms with van der Waals surface area (Å²) in [5.41, 5.74) is 0. The molecule has 0 aromatic rings. The van der Waals surface area contributed by atoms with Gasteiger partial charge in [0.2, 0.25) is 0 Å². The lowest BCUT2D eigenvalue weighted by Gasteiger charge is -2.07. The summed E-state index contributed by atoms with van der Waals surface area (Å²) >= 11 is 0. The van der Waals surface area contributed by atoms with Gasteiger partial charge in [-0.15, -0.1) is 6.42 Å². The standard InChI is InChI=1S/C9H14O/c1-4-7-8-9(5-2)10-6-3/h2,6,9H,3-4,7-8H2,1H3. The first-order chi connectivity index (χ1) is 4.85. The molecule has 1 atom stereocenters. The molecule has 0 bridgehead atoms. The maximum Gasteiger partial charge on any atom is 0.158 e. The van der Waals surface area contributed by atoms with E-state index in [1.807, 2.05) is 0 Å². The fourth-order valence-corrected chi connectivity index (χ4v) is 0.696. The Morgan fingerprint density at radius 3 is 2.90 bits per heavy atom. The van der Waals surface area contributed by atoms with E-state index in [0.717, 1.165) is 19.3 Å². The number of hydrogen-bond donors (Lipinski definition) is 0. The molecule has 0 aliphatic rings. The van der Waals surface area contributed by atoms with Crippen molar-refractivity contribution >= 4 is 0 Å². The number of terminal acetylenes is 1. The second-order valence-electron chi connectivity index (χ2n) is 2.10. The molecule has 1 unspecified atom stereocenters. The van der Waals surface area contributed by atoms with Gasteiger partial charge in [-0.3, -0.25) is 0 Å². The van der Waals surface area contributed by atoms with Gasteiger partial charge in [-0.2, -0.15) is 0 Å². The Morgan fingerprint density at radius 1 is 1.80 bits per heavy atom. The minimum Gasteiger partial charge on any atom is -0.486 e. The molecule has 0 radical (unpaired) electrons. The van der Waals surface area contributed by atoms with Gasteiger partial charge in [0.15, 0.2) is 6.10 Å². The summed E-state index contributed by atoms with van der Waals surface area (Å²) in [6, 6.07) is 0. The quantitative estimate of drug-likeness (QED) is 0.418. The summed E-state index contributed by atoms with van der Waals surface area (Å²) in [5, 5.41) is 0. The number of hydrogen-bond acceptors (Lipinski definition) is 1. The summed E-state index contributed by atoms with van der Waals surface area (Å²) in [4.78, 5) is 0. The van der Waals surface area contributed by atoms with Crippen molar-refractivity contribution in [1.29, 1.82) is 0 Å². The predicted octanol–water partition coefficient (Wildman–Crippen LogP) is 2.34. The Kier molecular flexibility index (Phi) is 5.66. The molecule has 0 N–H and O–H groups in total. The van der Waals surface area contributed by atoms with Crippen LogP contribution in [0.15, 0.2) is 12.8 Å². The van der Waals surface area contributed by atoms with Crippen LogP contribution in [0.3, 0.4) is 0 Å². The Balaban J connectivity index is 3.42. The van der Waals surface area contributed by atoms with E-state index in [2.05, 4.69) is 19.4 Å². The van der Waals surface area contributed by atoms with E-state index in [0.29, 0.717) is 0 Å². The Hall–Kier alpha value is -0.900. The van der Waals surface area contributed by atoms with Crippen molar-refractivity contribution in [1.82, 2.24) is 0 Å². The van der Waals surface area contributed by atoms with Gasteiger partial charge in [0.1, 0.15) is 0 Å². The lowest BCUT2D eigenvalue weighted by atomic mass is 10.2. The molecule has 10 heavy (non-hydrogen) atoms. The molecule has 0 aromatic heterocycles. The summed E-state index contributed by atoms with van der Waals surface area (Å²) in [6.45, 7) is 5.57. The summed E-state index contributed by atoms with van der Waals surface area (Å²) < 4.78 is 5.02. The summed E-state index contributed by atoms with van der Waals surface area (Å²) in [6.07, 6.45) is 9.70.